The number of hydrogen-bond acceptors (Lipinski definition) is 4. The van der Waals surface area contributed by atoms with E-state index in [1.54, 1.807) is 18.2 Å². The molecular formula is C22H20N4O2. The summed E-state index contributed by atoms with van der Waals surface area (Å²) in [5, 5.41) is 13.3. The van der Waals surface area contributed by atoms with Crippen LogP contribution in [0.4, 0.5) is 5.69 Å². The Hall–Kier alpha value is -3.67. The molecule has 0 aliphatic carbocycles. The fourth-order valence-corrected chi connectivity index (χ4v) is 3.19. The second-order valence-corrected chi connectivity index (χ2v) is 6.86. The zero-order chi connectivity index (χ0) is 19.8. The lowest BCUT2D eigenvalue weighted by Gasteiger charge is -2.08. The van der Waals surface area contributed by atoms with E-state index >= 15 is 0 Å². The van der Waals surface area contributed by atoms with Crippen LogP contribution in [-0.4, -0.2) is 25.8 Å². The second-order valence-electron chi connectivity index (χ2n) is 6.86. The van der Waals surface area contributed by atoms with E-state index in [-0.39, 0.29) is 5.91 Å². The van der Waals surface area contributed by atoms with Gasteiger partial charge in [-0.25, -0.2) is 4.98 Å². The number of anilines is 1. The number of hydrogen-bond donors (Lipinski definition) is 2. The van der Waals surface area contributed by atoms with Gasteiger partial charge in [0.25, 0.3) is 5.91 Å². The number of benzene rings is 2. The smallest absolute Gasteiger partial charge is 0.257 e. The van der Waals surface area contributed by atoms with E-state index in [0.717, 1.165) is 27.1 Å². The first kappa shape index (κ1) is 17.7. The van der Waals surface area contributed by atoms with Crippen LogP contribution in [0.3, 0.4) is 0 Å². The summed E-state index contributed by atoms with van der Waals surface area (Å²) in [5.41, 5.74) is 5.96. The number of carbonyl (C=O) groups excluding carboxylic acids is 1. The molecule has 0 saturated heterocycles. The number of carbonyl (C=O) groups is 1. The van der Waals surface area contributed by atoms with E-state index in [1.807, 2.05) is 57.2 Å². The van der Waals surface area contributed by atoms with Gasteiger partial charge in [0.15, 0.2) is 5.82 Å². The zero-order valence-corrected chi connectivity index (χ0v) is 15.9. The van der Waals surface area contributed by atoms with Crippen LogP contribution in [0.15, 0.2) is 54.6 Å². The fourth-order valence-electron chi connectivity index (χ4n) is 3.19. The van der Waals surface area contributed by atoms with Crippen molar-refractivity contribution in [2.75, 3.05) is 5.32 Å². The Balaban J connectivity index is 1.59. The maximum absolute atomic E-state index is 12.5. The van der Waals surface area contributed by atoms with Gasteiger partial charge >= 0.3 is 0 Å². The number of rotatable bonds is 3. The summed E-state index contributed by atoms with van der Waals surface area (Å²) in [6.45, 7) is 5.68. The molecule has 2 heterocycles. The molecule has 0 fully saturated rings. The van der Waals surface area contributed by atoms with E-state index < -0.39 is 0 Å². The molecule has 2 N–H and O–H groups in total. The van der Waals surface area contributed by atoms with Crippen LogP contribution in [0.2, 0.25) is 0 Å². The highest BCUT2D eigenvalue weighted by atomic mass is 16.5. The third-order valence-electron chi connectivity index (χ3n) is 4.66. The number of amides is 1. The van der Waals surface area contributed by atoms with Crippen molar-refractivity contribution < 1.29 is 10.0 Å². The lowest BCUT2D eigenvalue weighted by molar-refractivity contribution is 0.102. The number of imidazole rings is 1. The summed E-state index contributed by atoms with van der Waals surface area (Å²) in [6.07, 6.45) is 0. The first-order valence-corrected chi connectivity index (χ1v) is 8.97. The summed E-state index contributed by atoms with van der Waals surface area (Å²) in [5.74, 6) is 0.250. The van der Waals surface area contributed by atoms with E-state index in [0.29, 0.717) is 28.3 Å². The number of aromatic nitrogens is 3. The van der Waals surface area contributed by atoms with Crippen molar-refractivity contribution in [2.45, 2.75) is 20.8 Å². The van der Waals surface area contributed by atoms with Gasteiger partial charge in [-0.05, 0) is 74.9 Å². The van der Waals surface area contributed by atoms with Gasteiger partial charge < -0.3 is 10.5 Å². The van der Waals surface area contributed by atoms with Crippen LogP contribution in [0.5, 0.6) is 0 Å². The maximum Gasteiger partial charge on any atom is 0.257 e. The Morgan fingerprint density at radius 2 is 1.71 bits per heavy atom. The first-order valence-electron chi connectivity index (χ1n) is 8.97. The molecule has 0 saturated carbocycles. The topological polar surface area (TPSA) is 80.0 Å². The fraction of sp³-hybridized carbons (Fsp3) is 0.136. The zero-order valence-electron chi connectivity index (χ0n) is 15.9. The summed E-state index contributed by atoms with van der Waals surface area (Å²) < 4.78 is 1.09. The summed E-state index contributed by atoms with van der Waals surface area (Å²) in [6, 6.07) is 16.5. The SMILES string of the molecule is Cc1ccc2nc(-c3ccc(NC(=O)c4ccc(C)nc4C)cc3)n(O)c2c1. The summed E-state index contributed by atoms with van der Waals surface area (Å²) in [7, 11) is 0. The highest BCUT2D eigenvalue weighted by Crippen LogP contribution is 2.25. The van der Waals surface area contributed by atoms with Gasteiger partial charge in [-0.15, -0.1) is 0 Å². The molecule has 0 atom stereocenters. The van der Waals surface area contributed by atoms with Crippen molar-refractivity contribution in [2.24, 2.45) is 0 Å². The minimum atomic E-state index is -0.206. The van der Waals surface area contributed by atoms with Crippen LogP contribution in [0, 0.1) is 20.8 Å². The van der Waals surface area contributed by atoms with Gasteiger partial charge in [-0.2, -0.15) is 4.73 Å². The molecule has 0 aliphatic rings. The molecule has 0 bridgehead atoms. The van der Waals surface area contributed by atoms with Gasteiger partial charge in [0.1, 0.15) is 5.52 Å². The van der Waals surface area contributed by atoms with Crippen LogP contribution >= 0.6 is 0 Å². The minimum Gasteiger partial charge on any atom is -0.426 e. The van der Waals surface area contributed by atoms with Gasteiger partial charge in [0, 0.05) is 16.9 Å². The Bertz CT molecular complexity index is 1190. The molecule has 28 heavy (non-hydrogen) atoms. The largest absolute Gasteiger partial charge is 0.426 e. The molecule has 0 unspecified atom stereocenters. The molecule has 1 amide bonds. The lowest BCUT2D eigenvalue weighted by Crippen LogP contribution is -2.14. The van der Waals surface area contributed by atoms with Crippen LogP contribution in [0.1, 0.15) is 27.3 Å². The number of pyridine rings is 1. The first-order chi connectivity index (χ1) is 13.4. The average Bonchev–Trinajstić information content (AvgIpc) is 2.98. The van der Waals surface area contributed by atoms with Crippen molar-refractivity contribution >= 4 is 22.6 Å². The Morgan fingerprint density at radius 1 is 0.964 bits per heavy atom. The predicted molar refractivity (Wildman–Crippen MR) is 109 cm³/mol. The number of nitrogens with one attached hydrogen (secondary N) is 1. The summed E-state index contributed by atoms with van der Waals surface area (Å²) >= 11 is 0. The molecule has 4 aromatic rings. The molecule has 6 nitrogen and oxygen atoms in total. The van der Waals surface area contributed by atoms with Gasteiger partial charge in [0.05, 0.1) is 16.8 Å². The molecule has 4 rings (SSSR count). The molecule has 2 aromatic carbocycles. The molecule has 0 aliphatic heterocycles. The molecule has 0 spiro atoms. The van der Waals surface area contributed by atoms with Gasteiger partial charge in [-0.1, -0.05) is 6.07 Å². The van der Waals surface area contributed by atoms with Crippen molar-refractivity contribution in [1.82, 2.24) is 14.7 Å². The normalized spacial score (nSPS) is 11.0. The third kappa shape index (κ3) is 3.20. The van der Waals surface area contributed by atoms with Crippen molar-refractivity contribution in [1.29, 1.82) is 0 Å². The third-order valence-corrected chi connectivity index (χ3v) is 4.66. The van der Waals surface area contributed by atoms with Crippen LogP contribution in [-0.2, 0) is 0 Å². The van der Waals surface area contributed by atoms with Crippen molar-refractivity contribution in [3.05, 3.63) is 77.1 Å². The summed E-state index contributed by atoms with van der Waals surface area (Å²) in [4.78, 5) is 21.3. The highest BCUT2D eigenvalue weighted by molar-refractivity contribution is 6.05. The van der Waals surface area contributed by atoms with Gasteiger partial charge in [-0.3, -0.25) is 9.78 Å². The van der Waals surface area contributed by atoms with Crippen LogP contribution < -0.4 is 5.32 Å². The molecule has 2 aromatic heterocycles. The lowest BCUT2D eigenvalue weighted by atomic mass is 10.1. The Morgan fingerprint density at radius 3 is 2.43 bits per heavy atom. The van der Waals surface area contributed by atoms with Crippen molar-refractivity contribution in [3.8, 4) is 11.4 Å². The molecule has 6 heteroatoms. The van der Waals surface area contributed by atoms with E-state index in [1.165, 1.54) is 0 Å². The molecule has 140 valence electrons. The number of fused-ring (bicyclic) bond motifs is 1. The highest BCUT2D eigenvalue weighted by Gasteiger charge is 2.13. The number of nitrogens with zero attached hydrogens (tertiary/aromatic N) is 3. The standard InChI is InChI=1S/C22H20N4O2/c1-13-4-11-19-20(12-13)26(28)21(25-19)16-6-8-17(9-7-16)24-22(27)18-10-5-14(2)23-15(18)3/h4-12,28H,1-3H3,(H,24,27). The second kappa shape index (κ2) is 6.81. The minimum absolute atomic E-state index is 0.206. The van der Waals surface area contributed by atoms with Crippen molar-refractivity contribution in [3.63, 3.8) is 0 Å². The monoisotopic (exact) mass is 372 g/mol. The van der Waals surface area contributed by atoms with E-state index in [9.17, 15) is 10.0 Å². The average molecular weight is 372 g/mol. The maximum atomic E-state index is 12.5. The quantitative estimate of drug-likeness (QED) is 0.519. The van der Waals surface area contributed by atoms with E-state index in [2.05, 4.69) is 15.3 Å². The Labute approximate surface area is 162 Å². The van der Waals surface area contributed by atoms with E-state index in [4.69, 9.17) is 0 Å². The number of aryl methyl sites for hydroxylation is 3. The predicted octanol–water partition coefficient (Wildman–Crippen LogP) is 4.51. The van der Waals surface area contributed by atoms with Gasteiger partial charge in [0.2, 0.25) is 0 Å². The Kier molecular flexibility index (Phi) is 4.31. The van der Waals surface area contributed by atoms with Crippen LogP contribution in [0.25, 0.3) is 22.4 Å². The molecular weight excluding hydrogens is 352 g/mol. The molecule has 0 radical (unpaired) electrons.